The molecule has 0 saturated carbocycles. The van der Waals surface area contributed by atoms with Gasteiger partial charge < -0.3 is 9.64 Å². The van der Waals surface area contributed by atoms with Gasteiger partial charge >= 0.3 is 0 Å². The summed E-state index contributed by atoms with van der Waals surface area (Å²) >= 11 is 0. The molecular weight excluding hydrogens is 583 g/mol. The van der Waals surface area contributed by atoms with Crippen molar-refractivity contribution in [1.29, 1.82) is 0 Å². The number of rotatable bonds is 2. The van der Waals surface area contributed by atoms with Crippen molar-refractivity contribution in [3.8, 4) is 33.8 Å². The summed E-state index contributed by atoms with van der Waals surface area (Å²) < 4.78 is 6.67. The lowest BCUT2D eigenvalue weighted by Gasteiger charge is -2.49. The highest BCUT2D eigenvalue weighted by Crippen LogP contribution is 2.64. The minimum Gasteiger partial charge on any atom is -0.457 e. The summed E-state index contributed by atoms with van der Waals surface area (Å²) in [5.41, 5.74) is 15.4. The number of hydrogen-bond donors (Lipinski definition) is 0. The van der Waals surface area contributed by atoms with Crippen LogP contribution in [-0.2, 0) is 10.8 Å². The van der Waals surface area contributed by atoms with E-state index in [4.69, 9.17) is 4.74 Å². The number of anilines is 3. The molecule has 48 heavy (non-hydrogen) atoms. The summed E-state index contributed by atoms with van der Waals surface area (Å²) in [6.45, 7) is 4.74. The standard InChI is InChI=1S/C46H33NO/c1-45(2)35-17-7-6-16-33(35)34-28-40-42(29-39(34)45)47(32-26-24-31(25-27-32)30-14-4-3-5-15-30)41-21-11-8-18-36(41)46(40)37-19-9-12-22-43(37)48-44-23-13-10-20-38(44)46/h3-29H,1-2H3. The minimum absolute atomic E-state index is 0.139. The summed E-state index contributed by atoms with van der Waals surface area (Å²) in [7, 11) is 0. The highest BCUT2D eigenvalue weighted by molar-refractivity contribution is 5.95. The van der Waals surface area contributed by atoms with Gasteiger partial charge in [-0.3, -0.25) is 0 Å². The van der Waals surface area contributed by atoms with Crippen molar-refractivity contribution in [2.75, 3.05) is 4.90 Å². The van der Waals surface area contributed by atoms with Crippen LogP contribution in [0.3, 0.4) is 0 Å². The second-order valence-electron chi connectivity index (χ2n) is 13.7. The third kappa shape index (κ3) is 3.52. The van der Waals surface area contributed by atoms with Crippen LogP contribution in [0.15, 0.2) is 164 Å². The molecule has 0 radical (unpaired) electrons. The number of hydrogen-bond acceptors (Lipinski definition) is 2. The van der Waals surface area contributed by atoms with E-state index in [1.54, 1.807) is 0 Å². The van der Waals surface area contributed by atoms with Gasteiger partial charge in [-0.2, -0.15) is 0 Å². The quantitative estimate of drug-likeness (QED) is 0.192. The summed E-state index contributed by atoms with van der Waals surface area (Å²) in [5, 5.41) is 0. The van der Waals surface area contributed by atoms with Crippen LogP contribution in [-0.4, -0.2) is 0 Å². The molecule has 0 amide bonds. The number of nitrogens with zero attached hydrogens (tertiary/aromatic N) is 1. The van der Waals surface area contributed by atoms with Crippen LogP contribution in [0.4, 0.5) is 17.1 Å². The highest BCUT2D eigenvalue weighted by Gasteiger charge is 2.52. The Balaban J connectivity index is 1.33. The van der Waals surface area contributed by atoms with Crippen LogP contribution >= 0.6 is 0 Å². The van der Waals surface area contributed by atoms with Gasteiger partial charge in [0.15, 0.2) is 0 Å². The molecule has 3 aliphatic rings. The van der Waals surface area contributed by atoms with Gasteiger partial charge in [-0.1, -0.05) is 135 Å². The molecule has 2 heteroatoms. The monoisotopic (exact) mass is 615 g/mol. The third-order valence-corrected chi connectivity index (χ3v) is 10.9. The topological polar surface area (TPSA) is 12.5 Å². The normalized spacial score (nSPS) is 15.3. The van der Waals surface area contributed by atoms with E-state index in [-0.39, 0.29) is 5.41 Å². The predicted octanol–water partition coefficient (Wildman–Crippen LogP) is 11.9. The van der Waals surface area contributed by atoms with Crippen molar-refractivity contribution in [2.24, 2.45) is 0 Å². The maximum atomic E-state index is 6.67. The van der Waals surface area contributed by atoms with Crippen LogP contribution in [0.25, 0.3) is 22.3 Å². The van der Waals surface area contributed by atoms with Crippen LogP contribution in [0, 0.1) is 0 Å². The van der Waals surface area contributed by atoms with E-state index in [1.165, 1.54) is 67.0 Å². The first-order valence-electron chi connectivity index (χ1n) is 16.8. The Morgan fingerprint density at radius 2 is 0.979 bits per heavy atom. The Hall–Kier alpha value is -5.86. The molecule has 2 nitrogen and oxygen atoms in total. The van der Waals surface area contributed by atoms with E-state index in [9.17, 15) is 0 Å². The molecule has 0 fully saturated rings. The fourth-order valence-corrected chi connectivity index (χ4v) is 8.77. The molecule has 228 valence electrons. The molecule has 2 heterocycles. The maximum absolute atomic E-state index is 6.67. The van der Waals surface area contributed by atoms with Gasteiger partial charge in [0.25, 0.3) is 0 Å². The highest BCUT2D eigenvalue weighted by atomic mass is 16.5. The van der Waals surface area contributed by atoms with E-state index in [0.717, 1.165) is 17.2 Å². The Labute approximate surface area is 281 Å². The zero-order valence-corrected chi connectivity index (χ0v) is 26.9. The average Bonchev–Trinajstić information content (AvgIpc) is 3.37. The maximum Gasteiger partial charge on any atom is 0.132 e. The molecule has 10 rings (SSSR count). The molecule has 0 aromatic heterocycles. The smallest absolute Gasteiger partial charge is 0.132 e. The largest absolute Gasteiger partial charge is 0.457 e. The van der Waals surface area contributed by atoms with Gasteiger partial charge in [-0.05, 0) is 87.0 Å². The van der Waals surface area contributed by atoms with Gasteiger partial charge in [0.05, 0.1) is 16.8 Å². The van der Waals surface area contributed by atoms with Gasteiger partial charge in [0.2, 0.25) is 0 Å². The fraction of sp³-hybridized carbons (Fsp3) is 0.0870. The van der Waals surface area contributed by atoms with Crippen molar-refractivity contribution >= 4 is 17.1 Å². The summed E-state index contributed by atoms with van der Waals surface area (Å²) in [6, 6.07) is 59.9. The summed E-state index contributed by atoms with van der Waals surface area (Å²) in [6.07, 6.45) is 0. The van der Waals surface area contributed by atoms with Gasteiger partial charge in [-0.25, -0.2) is 0 Å². The molecule has 0 unspecified atom stereocenters. The number of fused-ring (bicyclic) bond motifs is 11. The number of para-hydroxylation sites is 3. The zero-order valence-electron chi connectivity index (χ0n) is 26.9. The molecule has 0 atom stereocenters. The molecule has 0 N–H and O–H groups in total. The number of benzene rings is 7. The third-order valence-electron chi connectivity index (χ3n) is 10.9. The van der Waals surface area contributed by atoms with Crippen molar-refractivity contribution in [3.63, 3.8) is 0 Å². The minimum atomic E-state index is -0.589. The van der Waals surface area contributed by atoms with E-state index in [2.05, 4.69) is 183 Å². The Morgan fingerprint density at radius 1 is 0.417 bits per heavy atom. The van der Waals surface area contributed by atoms with Crippen molar-refractivity contribution in [2.45, 2.75) is 24.7 Å². The first kappa shape index (κ1) is 27.3. The van der Waals surface area contributed by atoms with Crippen LogP contribution < -0.4 is 9.64 Å². The molecule has 0 bridgehead atoms. The Kier molecular flexibility index (Phi) is 5.58. The fourth-order valence-electron chi connectivity index (χ4n) is 8.77. The lowest BCUT2D eigenvalue weighted by molar-refractivity contribution is 0.434. The predicted molar refractivity (Wildman–Crippen MR) is 196 cm³/mol. The van der Waals surface area contributed by atoms with E-state index >= 15 is 0 Å². The molecule has 7 aromatic carbocycles. The second kappa shape index (κ2) is 9.82. The van der Waals surface area contributed by atoms with Gasteiger partial charge in [-0.15, -0.1) is 0 Å². The van der Waals surface area contributed by atoms with E-state index < -0.39 is 5.41 Å². The first-order valence-corrected chi connectivity index (χ1v) is 16.8. The van der Waals surface area contributed by atoms with E-state index in [1.807, 2.05) is 0 Å². The lowest BCUT2D eigenvalue weighted by Crippen LogP contribution is -2.40. The second-order valence-corrected chi connectivity index (χ2v) is 13.7. The molecule has 0 saturated heterocycles. The summed E-state index contributed by atoms with van der Waals surface area (Å²) in [4.78, 5) is 2.49. The Morgan fingerprint density at radius 3 is 1.69 bits per heavy atom. The number of ether oxygens (including phenoxy) is 1. The summed E-state index contributed by atoms with van der Waals surface area (Å²) in [5.74, 6) is 1.80. The molecular formula is C46H33NO. The molecule has 2 aliphatic heterocycles. The molecule has 1 spiro atoms. The van der Waals surface area contributed by atoms with Crippen LogP contribution in [0.5, 0.6) is 11.5 Å². The lowest BCUT2D eigenvalue weighted by atomic mass is 9.60. The van der Waals surface area contributed by atoms with Crippen molar-refractivity contribution in [1.82, 2.24) is 0 Å². The molecule has 7 aromatic rings. The SMILES string of the molecule is CC1(C)c2ccccc2-c2cc3c(cc21)N(c1ccc(-c2ccccc2)cc1)c1ccccc1C31c2ccccc2Oc2ccccc21. The van der Waals surface area contributed by atoms with Crippen LogP contribution in [0.2, 0.25) is 0 Å². The average molecular weight is 616 g/mol. The van der Waals surface area contributed by atoms with Crippen molar-refractivity contribution < 1.29 is 4.74 Å². The van der Waals surface area contributed by atoms with E-state index in [0.29, 0.717) is 0 Å². The molecule has 1 aliphatic carbocycles. The van der Waals surface area contributed by atoms with Gasteiger partial charge in [0, 0.05) is 22.2 Å². The van der Waals surface area contributed by atoms with Gasteiger partial charge in [0.1, 0.15) is 11.5 Å². The Bertz CT molecular complexity index is 2360. The van der Waals surface area contributed by atoms with Crippen molar-refractivity contribution in [3.05, 3.63) is 197 Å². The first-order chi connectivity index (χ1) is 23.6. The zero-order chi connectivity index (χ0) is 32.0. The van der Waals surface area contributed by atoms with Crippen LogP contribution in [0.1, 0.15) is 47.2 Å².